The van der Waals surface area contributed by atoms with E-state index in [4.69, 9.17) is 5.11 Å². The van der Waals surface area contributed by atoms with Gasteiger partial charge in [0.05, 0.1) is 12.5 Å². The van der Waals surface area contributed by atoms with Crippen LogP contribution in [0, 0.1) is 0 Å². The van der Waals surface area contributed by atoms with Gasteiger partial charge >= 0.3 is 5.97 Å². The number of carboxylic acid groups (broad SMARTS) is 1. The number of carboxylic acids is 1. The second kappa shape index (κ2) is 4.88. The van der Waals surface area contributed by atoms with Crippen molar-refractivity contribution in [3.05, 3.63) is 35.9 Å². The van der Waals surface area contributed by atoms with Crippen LogP contribution in [-0.4, -0.2) is 22.3 Å². The zero-order chi connectivity index (χ0) is 12.3. The summed E-state index contributed by atoms with van der Waals surface area (Å²) in [4.78, 5) is 10.8. The minimum Gasteiger partial charge on any atom is -0.481 e. The van der Waals surface area contributed by atoms with E-state index in [1.165, 1.54) is 0 Å². The Morgan fingerprint density at radius 3 is 2.35 bits per heavy atom. The lowest BCUT2D eigenvalue weighted by Crippen LogP contribution is -2.38. The number of hydrogen-bond donors (Lipinski definition) is 2. The molecule has 3 nitrogen and oxygen atoms in total. The van der Waals surface area contributed by atoms with Crippen molar-refractivity contribution < 1.29 is 15.0 Å². The number of rotatable bonds is 4. The van der Waals surface area contributed by atoms with E-state index < -0.39 is 12.1 Å². The van der Waals surface area contributed by atoms with E-state index >= 15 is 0 Å². The molecule has 0 spiro atoms. The Kier molecular flexibility index (Phi) is 3.48. The Labute approximate surface area is 101 Å². The first kappa shape index (κ1) is 12.1. The predicted octanol–water partition coefficient (Wildman–Crippen LogP) is 2.33. The highest BCUT2D eigenvalue weighted by Crippen LogP contribution is 2.44. The third kappa shape index (κ3) is 2.34. The molecule has 1 atom stereocenters. The fourth-order valence-corrected chi connectivity index (χ4v) is 2.95. The van der Waals surface area contributed by atoms with Crippen LogP contribution >= 0.6 is 0 Å². The molecule has 1 saturated carbocycles. The van der Waals surface area contributed by atoms with E-state index in [0.717, 1.165) is 31.2 Å². The van der Waals surface area contributed by atoms with Crippen molar-refractivity contribution in [1.29, 1.82) is 0 Å². The van der Waals surface area contributed by atoms with E-state index in [1.54, 1.807) is 0 Å². The second-order valence-electron chi connectivity index (χ2n) is 4.84. The summed E-state index contributed by atoms with van der Waals surface area (Å²) in [6.07, 6.45) is 2.92. The molecule has 0 radical (unpaired) electrons. The molecule has 92 valence electrons. The molecule has 0 bridgehead atoms. The molecule has 1 aromatic rings. The fraction of sp³-hybridized carbons (Fsp3) is 0.500. The lowest BCUT2D eigenvalue weighted by molar-refractivity contribution is -0.140. The largest absolute Gasteiger partial charge is 0.481 e. The Hall–Kier alpha value is -1.35. The molecule has 0 unspecified atom stereocenters. The second-order valence-corrected chi connectivity index (χ2v) is 4.84. The summed E-state index contributed by atoms with van der Waals surface area (Å²) < 4.78 is 0. The Morgan fingerprint density at radius 2 is 1.82 bits per heavy atom. The lowest BCUT2D eigenvalue weighted by atomic mass is 9.73. The number of aliphatic hydroxyl groups excluding tert-OH is 1. The predicted molar refractivity (Wildman–Crippen MR) is 64.8 cm³/mol. The molecule has 0 amide bonds. The maximum Gasteiger partial charge on any atom is 0.306 e. The lowest BCUT2D eigenvalue weighted by Gasteiger charge is -2.34. The normalized spacial score (nSPS) is 20.1. The van der Waals surface area contributed by atoms with Crippen molar-refractivity contribution in [2.24, 2.45) is 0 Å². The zero-order valence-corrected chi connectivity index (χ0v) is 9.80. The minimum absolute atomic E-state index is 0.172. The first-order valence-electron chi connectivity index (χ1n) is 6.10. The van der Waals surface area contributed by atoms with Crippen molar-refractivity contribution in [2.75, 3.05) is 0 Å². The Bertz CT molecular complexity index is 380. The van der Waals surface area contributed by atoms with Crippen LogP contribution in [0.5, 0.6) is 0 Å². The van der Waals surface area contributed by atoms with Gasteiger partial charge in [0.25, 0.3) is 0 Å². The van der Waals surface area contributed by atoms with Crippen LogP contribution in [0.15, 0.2) is 30.3 Å². The van der Waals surface area contributed by atoms with Crippen LogP contribution < -0.4 is 0 Å². The molecule has 3 heteroatoms. The summed E-state index contributed by atoms with van der Waals surface area (Å²) in [7, 11) is 0. The molecule has 0 saturated heterocycles. The highest BCUT2D eigenvalue weighted by molar-refractivity contribution is 5.67. The quantitative estimate of drug-likeness (QED) is 0.840. The van der Waals surface area contributed by atoms with Crippen LogP contribution in [0.2, 0.25) is 0 Å². The van der Waals surface area contributed by atoms with Crippen molar-refractivity contribution in [3.63, 3.8) is 0 Å². The van der Waals surface area contributed by atoms with Gasteiger partial charge in [-0.25, -0.2) is 0 Å². The molecule has 0 heterocycles. The molecule has 1 aliphatic carbocycles. The summed E-state index contributed by atoms with van der Waals surface area (Å²) in [6.45, 7) is 0. The summed E-state index contributed by atoms with van der Waals surface area (Å²) in [5, 5.41) is 19.1. The molecule has 1 aromatic carbocycles. The van der Waals surface area contributed by atoms with Gasteiger partial charge in [-0.3, -0.25) is 4.79 Å². The fourth-order valence-electron chi connectivity index (χ4n) is 2.95. The summed E-state index contributed by atoms with van der Waals surface area (Å²) in [6, 6.07) is 9.83. The molecular weight excluding hydrogens is 216 g/mol. The smallest absolute Gasteiger partial charge is 0.306 e. The van der Waals surface area contributed by atoms with Gasteiger partial charge in [-0.1, -0.05) is 43.2 Å². The van der Waals surface area contributed by atoms with Crippen LogP contribution in [0.4, 0.5) is 0 Å². The first-order valence-corrected chi connectivity index (χ1v) is 6.10. The van der Waals surface area contributed by atoms with Gasteiger partial charge in [0.1, 0.15) is 0 Å². The molecule has 17 heavy (non-hydrogen) atoms. The average Bonchev–Trinajstić information content (AvgIpc) is 2.79. The van der Waals surface area contributed by atoms with Crippen molar-refractivity contribution in [1.82, 2.24) is 0 Å². The van der Waals surface area contributed by atoms with E-state index in [1.807, 2.05) is 30.3 Å². The van der Waals surface area contributed by atoms with E-state index in [9.17, 15) is 9.90 Å². The molecular formula is C14H18O3. The molecule has 0 aliphatic heterocycles. The maximum atomic E-state index is 10.8. The summed E-state index contributed by atoms with van der Waals surface area (Å²) >= 11 is 0. The van der Waals surface area contributed by atoms with Crippen LogP contribution in [0.1, 0.15) is 37.7 Å². The van der Waals surface area contributed by atoms with Gasteiger partial charge in [-0.15, -0.1) is 0 Å². The number of aliphatic hydroxyl groups is 1. The average molecular weight is 234 g/mol. The van der Waals surface area contributed by atoms with E-state index in [2.05, 4.69) is 0 Å². The molecule has 1 fully saturated rings. The number of hydrogen-bond acceptors (Lipinski definition) is 2. The number of aliphatic carboxylic acids is 1. The monoisotopic (exact) mass is 234 g/mol. The Balaban J connectivity index is 2.30. The van der Waals surface area contributed by atoms with Gasteiger partial charge < -0.3 is 10.2 Å². The third-order valence-corrected chi connectivity index (χ3v) is 3.85. The van der Waals surface area contributed by atoms with Crippen molar-refractivity contribution in [3.8, 4) is 0 Å². The minimum atomic E-state index is -0.931. The number of carbonyl (C=O) groups is 1. The van der Waals surface area contributed by atoms with Gasteiger partial charge in [0, 0.05) is 5.41 Å². The highest BCUT2D eigenvalue weighted by Gasteiger charge is 2.42. The summed E-state index contributed by atoms with van der Waals surface area (Å²) in [5.41, 5.74) is 0.728. The molecule has 2 rings (SSSR count). The van der Waals surface area contributed by atoms with Crippen LogP contribution in [-0.2, 0) is 10.2 Å². The van der Waals surface area contributed by atoms with Crippen LogP contribution in [0.3, 0.4) is 0 Å². The molecule has 0 aromatic heterocycles. The topological polar surface area (TPSA) is 57.5 Å². The van der Waals surface area contributed by atoms with E-state index in [0.29, 0.717) is 0 Å². The van der Waals surface area contributed by atoms with E-state index in [-0.39, 0.29) is 11.8 Å². The first-order chi connectivity index (χ1) is 8.15. The third-order valence-electron chi connectivity index (χ3n) is 3.85. The van der Waals surface area contributed by atoms with Crippen molar-refractivity contribution in [2.45, 2.75) is 43.6 Å². The van der Waals surface area contributed by atoms with Gasteiger partial charge in [-0.2, -0.15) is 0 Å². The number of benzene rings is 1. The molecule has 1 aliphatic rings. The van der Waals surface area contributed by atoms with Crippen LogP contribution in [0.25, 0.3) is 0 Å². The standard InChI is InChI=1S/C14H18O3/c15-12(10-13(16)17)14(8-4-5-9-14)11-6-2-1-3-7-11/h1-3,6-7,12,15H,4-5,8-10H2,(H,16,17)/t12-/m1/s1. The zero-order valence-electron chi connectivity index (χ0n) is 9.80. The SMILES string of the molecule is O=C(O)C[C@@H](O)C1(c2ccccc2)CCCC1. The Morgan fingerprint density at radius 1 is 1.24 bits per heavy atom. The maximum absolute atomic E-state index is 10.8. The highest BCUT2D eigenvalue weighted by atomic mass is 16.4. The van der Waals surface area contributed by atoms with Gasteiger partial charge in [0.15, 0.2) is 0 Å². The van der Waals surface area contributed by atoms with Gasteiger partial charge in [0.2, 0.25) is 0 Å². The summed E-state index contributed by atoms with van der Waals surface area (Å²) in [5.74, 6) is -0.931. The van der Waals surface area contributed by atoms with Crippen molar-refractivity contribution >= 4 is 5.97 Å². The molecule has 2 N–H and O–H groups in total. The van der Waals surface area contributed by atoms with Gasteiger partial charge in [-0.05, 0) is 18.4 Å².